The lowest BCUT2D eigenvalue weighted by molar-refractivity contribution is -0.132. The number of H-pyrrole nitrogens is 1. The Morgan fingerprint density at radius 3 is 2.82 bits per heavy atom. The Kier molecular flexibility index (Phi) is 4.59. The maximum Gasteiger partial charge on any atom is 0.390 e. The fourth-order valence-electron chi connectivity index (χ4n) is 2.64. The van der Waals surface area contributed by atoms with Gasteiger partial charge in [0.2, 0.25) is 0 Å². The zero-order valence-electron chi connectivity index (χ0n) is 14.2. The Morgan fingerprint density at radius 1 is 1.21 bits per heavy atom. The number of amides is 1. The molecule has 0 atom stereocenters. The highest BCUT2D eigenvalue weighted by Gasteiger charge is 2.26. The lowest BCUT2D eigenvalue weighted by atomic mass is 10.1. The van der Waals surface area contributed by atoms with Crippen molar-refractivity contribution in [3.8, 4) is 22.3 Å². The van der Waals surface area contributed by atoms with Crippen molar-refractivity contribution in [1.82, 2.24) is 30.1 Å². The first-order valence-corrected chi connectivity index (χ1v) is 9.05. The number of aromatic amines is 1. The molecule has 4 rings (SSSR count). The van der Waals surface area contributed by atoms with E-state index in [0.29, 0.717) is 10.5 Å². The topological polar surface area (TPSA) is 88.0 Å². The van der Waals surface area contributed by atoms with Gasteiger partial charge in [0.05, 0.1) is 23.7 Å². The average Bonchev–Trinajstić information content (AvgIpc) is 3.39. The summed E-state index contributed by atoms with van der Waals surface area (Å²) in [5.74, 6) is -0.535. The van der Waals surface area contributed by atoms with Gasteiger partial charge in [0.1, 0.15) is 0 Å². The molecule has 7 nitrogen and oxygen atoms in total. The number of halogens is 3. The van der Waals surface area contributed by atoms with Gasteiger partial charge in [-0.25, -0.2) is 9.50 Å². The first-order chi connectivity index (χ1) is 13.4. The molecule has 0 unspecified atom stereocenters. The van der Waals surface area contributed by atoms with E-state index in [9.17, 15) is 18.0 Å². The van der Waals surface area contributed by atoms with Crippen LogP contribution in [0, 0.1) is 0 Å². The molecule has 0 saturated carbocycles. The number of hydrogen-bond acceptors (Lipinski definition) is 5. The third-order valence-corrected chi connectivity index (χ3v) is 4.95. The van der Waals surface area contributed by atoms with Crippen LogP contribution in [-0.4, -0.2) is 43.4 Å². The molecule has 0 aliphatic carbocycles. The molecule has 4 aromatic rings. The fourth-order valence-corrected chi connectivity index (χ4v) is 3.46. The Labute approximate surface area is 160 Å². The van der Waals surface area contributed by atoms with E-state index in [4.69, 9.17) is 0 Å². The molecule has 0 bridgehead atoms. The monoisotopic (exact) mass is 406 g/mol. The lowest BCUT2D eigenvalue weighted by Gasteiger charge is -2.06. The van der Waals surface area contributed by atoms with Crippen molar-refractivity contribution in [1.29, 1.82) is 0 Å². The largest absolute Gasteiger partial charge is 0.390 e. The Hall–Kier alpha value is -3.21. The van der Waals surface area contributed by atoms with Gasteiger partial charge in [0, 0.05) is 41.8 Å². The van der Waals surface area contributed by atoms with Crippen molar-refractivity contribution in [3.63, 3.8) is 0 Å². The highest BCUT2D eigenvalue weighted by molar-refractivity contribution is 7.12. The van der Waals surface area contributed by atoms with E-state index in [1.54, 1.807) is 40.7 Å². The van der Waals surface area contributed by atoms with Gasteiger partial charge in [-0.05, 0) is 17.0 Å². The zero-order valence-corrected chi connectivity index (χ0v) is 15.0. The summed E-state index contributed by atoms with van der Waals surface area (Å²) >= 11 is 1.15. The Balaban J connectivity index is 1.53. The molecule has 0 spiro atoms. The highest BCUT2D eigenvalue weighted by Crippen LogP contribution is 2.29. The standard InChI is InChI=1S/C17H13F3N6OS/c18-17(19,20)1-2-21-16(27)14-3-10(9-28-14)13-7-25-26-8-12(4-22-15(13)26)11-5-23-24-6-11/h3-9H,1-2H2,(H,21,27)(H,23,24). The fraction of sp³-hybridized carbons (Fsp3) is 0.176. The maximum atomic E-state index is 12.2. The van der Waals surface area contributed by atoms with Crippen molar-refractivity contribution < 1.29 is 18.0 Å². The van der Waals surface area contributed by atoms with Crippen LogP contribution in [0.15, 0.2) is 42.4 Å². The molecule has 0 aromatic carbocycles. The second-order valence-corrected chi connectivity index (χ2v) is 6.89. The normalized spacial score (nSPS) is 11.8. The van der Waals surface area contributed by atoms with Crippen molar-refractivity contribution in [2.24, 2.45) is 0 Å². The van der Waals surface area contributed by atoms with E-state index in [0.717, 1.165) is 33.6 Å². The molecule has 0 aliphatic heterocycles. The molecule has 4 aromatic heterocycles. The molecule has 11 heteroatoms. The SMILES string of the molecule is O=C(NCCC(F)(F)F)c1cc(-c2cnn3cc(-c4cn[nH]c4)cnc23)cs1. The number of thiophene rings is 1. The van der Waals surface area contributed by atoms with Crippen molar-refractivity contribution in [3.05, 3.63) is 47.3 Å². The van der Waals surface area contributed by atoms with Crippen molar-refractivity contribution >= 4 is 22.9 Å². The number of hydrogen-bond donors (Lipinski definition) is 2. The van der Waals surface area contributed by atoms with Gasteiger partial charge in [-0.15, -0.1) is 11.3 Å². The molecular weight excluding hydrogens is 393 g/mol. The van der Waals surface area contributed by atoms with E-state index in [2.05, 4.69) is 25.6 Å². The number of carbonyl (C=O) groups is 1. The average molecular weight is 406 g/mol. The summed E-state index contributed by atoms with van der Waals surface area (Å²) in [6.45, 7) is -0.454. The smallest absolute Gasteiger partial charge is 0.351 e. The van der Waals surface area contributed by atoms with Crippen LogP contribution in [0.3, 0.4) is 0 Å². The molecule has 28 heavy (non-hydrogen) atoms. The van der Waals surface area contributed by atoms with Crippen LogP contribution in [0.5, 0.6) is 0 Å². The van der Waals surface area contributed by atoms with Crippen LogP contribution in [0.2, 0.25) is 0 Å². The summed E-state index contributed by atoms with van der Waals surface area (Å²) in [5.41, 5.74) is 3.77. The molecule has 0 aliphatic rings. The molecule has 2 N–H and O–H groups in total. The molecule has 144 valence electrons. The van der Waals surface area contributed by atoms with Crippen LogP contribution in [0.4, 0.5) is 13.2 Å². The molecule has 0 radical (unpaired) electrons. The molecule has 4 heterocycles. The number of aromatic nitrogens is 5. The second-order valence-electron chi connectivity index (χ2n) is 5.98. The van der Waals surface area contributed by atoms with E-state index in [1.807, 2.05) is 6.20 Å². The number of nitrogens with zero attached hydrogens (tertiary/aromatic N) is 4. The summed E-state index contributed by atoms with van der Waals surface area (Å²) in [7, 11) is 0. The predicted molar refractivity (Wildman–Crippen MR) is 96.9 cm³/mol. The number of nitrogens with one attached hydrogen (secondary N) is 2. The highest BCUT2D eigenvalue weighted by atomic mass is 32.1. The predicted octanol–water partition coefficient (Wildman–Crippen LogP) is 3.53. The lowest BCUT2D eigenvalue weighted by Crippen LogP contribution is -2.27. The van der Waals surface area contributed by atoms with Crippen LogP contribution in [0.25, 0.3) is 27.9 Å². The third kappa shape index (κ3) is 3.74. The molecule has 0 saturated heterocycles. The van der Waals surface area contributed by atoms with Gasteiger partial charge in [-0.3, -0.25) is 9.89 Å². The maximum absolute atomic E-state index is 12.2. The van der Waals surface area contributed by atoms with E-state index in [-0.39, 0.29) is 0 Å². The minimum absolute atomic E-state index is 0.326. The number of carbonyl (C=O) groups excluding carboxylic acids is 1. The van der Waals surface area contributed by atoms with Crippen molar-refractivity contribution in [2.45, 2.75) is 12.6 Å². The van der Waals surface area contributed by atoms with Gasteiger partial charge in [-0.1, -0.05) is 0 Å². The summed E-state index contributed by atoms with van der Waals surface area (Å²) < 4.78 is 38.2. The first kappa shape index (κ1) is 18.2. The van der Waals surface area contributed by atoms with E-state index in [1.165, 1.54) is 0 Å². The summed E-state index contributed by atoms with van der Waals surface area (Å²) in [6, 6.07) is 1.62. The van der Waals surface area contributed by atoms with Crippen LogP contribution in [0.1, 0.15) is 16.1 Å². The van der Waals surface area contributed by atoms with Gasteiger partial charge in [-0.2, -0.15) is 23.4 Å². The summed E-state index contributed by atoms with van der Waals surface area (Å²) in [4.78, 5) is 16.8. The van der Waals surface area contributed by atoms with Crippen molar-refractivity contribution in [2.75, 3.05) is 6.54 Å². The van der Waals surface area contributed by atoms with Crippen LogP contribution in [-0.2, 0) is 0 Å². The Bertz CT molecular complexity index is 1120. The second kappa shape index (κ2) is 7.08. The van der Waals surface area contributed by atoms with Gasteiger partial charge in [0.25, 0.3) is 5.91 Å². The molecule has 1 amide bonds. The quantitative estimate of drug-likeness (QED) is 0.531. The minimum atomic E-state index is -4.30. The third-order valence-electron chi connectivity index (χ3n) is 4.02. The number of alkyl halides is 3. The summed E-state index contributed by atoms with van der Waals surface area (Å²) in [5, 5.41) is 15.0. The zero-order chi connectivity index (χ0) is 19.7. The van der Waals surface area contributed by atoms with Gasteiger partial charge in [0.15, 0.2) is 5.65 Å². The minimum Gasteiger partial charge on any atom is -0.351 e. The van der Waals surface area contributed by atoms with Crippen LogP contribution < -0.4 is 5.32 Å². The summed E-state index contributed by atoms with van der Waals surface area (Å²) in [6.07, 6.45) is 3.21. The number of rotatable bonds is 5. The van der Waals surface area contributed by atoms with Crippen LogP contribution >= 0.6 is 11.3 Å². The van der Waals surface area contributed by atoms with E-state index >= 15 is 0 Å². The van der Waals surface area contributed by atoms with Gasteiger partial charge < -0.3 is 5.32 Å². The molecular formula is C17H13F3N6OS. The van der Waals surface area contributed by atoms with Gasteiger partial charge >= 0.3 is 6.18 Å². The Morgan fingerprint density at radius 2 is 2.07 bits per heavy atom. The van der Waals surface area contributed by atoms with E-state index < -0.39 is 25.0 Å². The number of fused-ring (bicyclic) bond motifs is 1. The molecule has 0 fully saturated rings. The first-order valence-electron chi connectivity index (χ1n) is 8.17.